The fourth-order valence-corrected chi connectivity index (χ4v) is 3.98. The van der Waals surface area contributed by atoms with Crippen LogP contribution >= 0.6 is 0 Å². The molecule has 0 fully saturated rings. The molecule has 0 aliphatic carbocycles. The van der Waals surface area contributed by atoms with Crippen molar-refractivity contribution in [2.45, 2.75) is 53.0 Å². The lowest BCUT2D eigenvalue weighted by atomic mass is 9.90. The number of rotatable bonds is 12. The van der Waals surface area contributed by atoms with Gasteiger partial charge in [-0.2, -0.15) is 0 Å². The highest BCUT2D eigenvalue weighted by molar-refractivity contribution is 5.98. The molecule has 3 aromatic carbocycles. The van der Waals surface area contributed by atoms with Gasteiger partial charge < -0.3 is 15.3 Å². The second kappa shape index (κ2) is 12.9. The number of aliphatic carboxylic acids is 1. The Hall–Kier alpha value is -3.44. The summed E-state index contributed by atoms with van der Waals surface area (Å²) in [6.45, 7) is 9.95. The Morgan fingerprint density at radius 3 is 2.40 bits per heavy atom. The fourth-order valence-electron chi connectivity index (χ4n) is 3.98. The molecular weight excluding hydrogens is 436 g/mol. The second-order valence-electron chi connectivity index (χ2n) is 9.22. The van der Waals surface area contributed by atoms with Crippen molar-refractivity contribution < 1.29 is 14.7 Å². The Morgan fingerprint density at radius 1 is 0.971 bits per heavy atom. The van der Waals surface area contributed by atoms with Crippen molar-refractivity contribution in [1.29, 1.82) is 0 Å². The molecule has 0 aliphatic heterocycles. The van der Waals surface area contributed by atoms with E-state index < -0.39 is 5.97 Å². The van der Waals surface area contributed by atoms with Crippen LogP contribution in [0, 0.1) is 20.8 Å². The zero-order chi connectivity index (χ0) is 25.2. The molecule has 1 unspecified atom stereocenters. The van der Waals surface area contributed by atoms with Crippen LogP contribution in [0.2, 0.25) is 0 Å². The minimum Gasteiger partial charge on any atom is -0.481 e. The number of aryl methyl sites for hydroxylation is 3. The monoisotopic (exact) mass is 472 g/mol. The first-order valence-corrected chi connectivity index (χ1v) is 12.1. The van der Waals surface area contributed by atoms with Crippen LogP contribution in [-0.2, 0) is 22.6 Å². The van der Waals surface area contributed by atoms with Gasteiger partial charge in [-0.3, -0.25) is 4.79 Å². The third-order valence-corrected chi connectivity index (χ3v) is 6.26. The number of oxime groups is 1. The zero-order valence-corrected chi connectivity index (χ0v) is 21.2. The van der Waals surface area contributed by atoms with Gasteiger partial charge in [-0.05, 0) is 67.5 Å². The average molecular weight is 473 g/mol. The summed E-state index contributed by atoms with van der Waals surface area (Å²) in [7, 11) is 0. The topological polar surface area (TPSA) is 70.9 Å². The van der Waals surface area contributed by atoms with Crippen LogP contribution in [0.15, 0.2) is 71.9 Å². The quantitative estimate of drug-likeness (QED) is 0.194. The van der Waals surface area contributed by atoms with Crippen LogP contribution in [0.5, 0.6) is 0 Å². The van der Waals surface area contributed by atoms with E-state index in [2.05, 4.69) is 73.7 Å². The van der Waals surface area contributed by atoms with Gasteiger partial charge in [-0.25, -0.2) is 0 Å². The van der Waals surface area contributed by atoms with Gasteiger partial charge in [0.05, 0.1) is 12.1 Å². The van der Waals surface area contributed by atoms with E-state index in [1.54, 1.807) is 0 Å². The summed E-state index contributed by atoms with van der Waals surface area (Å²) in [5, 5.41) is 16.3. The number of carboxylic acid groups (broad SMARTS) is 1. The molecule has 3 aromatic rings. The van der Waals surface area contributed by atoms with E-state index in [0.29, 0.717) is 19.7 Å². The summed E-state index contributed by atoms with van der Waals surface area (Å²) in [5.41, 5.74) is 9.34. The average Bonchev–Trinajstić information content (AvgIpc) is 2.83. The summed E-state index contributed by atoms with van der Waals surface area (Å²) in [5.74, 6) is -0.592. The van der Waals surface area contributed by atoms with Crippen LogP contribution in [0.3, 0.4) is 0 Å². The van der Waals surface area contributed by atoms with Crippen molar-refractivity contribution in [2.24, 2.45) is 5.16 Å². The molecule has 0 bridgehead atoms. The Kier molecular flexibility index (Phi) is 9.62. The highest BCUT2D eigenvalue weighted by Crippen LogP contribution is 2.24. The Labute approximate surface area is 208 Å². The van der Waals surface area contributed by atoms with E-state index in [-0.39, 0.29) is 12.3 Å². The van der Waals surface area contributed by atoms with Crippen molar-refractivity contribution in [1.82, 2.24) is 5.32 Å². The predicted molar refractivity (Wildman–Crippen MR) is 142 cm³/mol. The number of carboxylic acids is 1. The normalized spacial score (nSPS) is 12.4. The van der Waals surface area contributed by atoms with E-state index in [4.69, 9.17) is 9.94 Å². The first-order valence-electron chi connectivity index (χ1n) is 12.1. The van der Waals surface area contributed by atoms with Crippen LogP contribution in [0.25, 0.3) is 0 Å². The summed E-state index contributed by atoms with van der Waals surface area (Å²) in [4.78, 5) is 16.5. The van der Waals surface area contributed by atoms with Gasteiger partial charge in [0, 0.05) is 19.0 Å². The molecule has 0 amide bonds. The van der Waals surface area contributed by atoms with Crippen LogP contribution in [0.1, 0.15) is 58.2 Å². The number of carbonyl (C=O) groups is 1. The molecule has 0 radical (unpaired) electrons. The first-order chi connectivity index (χ1) is 16.8. The molecule has 0 heterocycles. The molecule has 0 spiro atoms. The SMILES string of the molecule is C/C(=N\OCC(Cc1ccc(C)c(C)c1)c1cccc(C)c1)c1ccc(CNCCC(=O)O)cc1. The summed E-state index contributed by atoms with van der Waals surface area (Å²) >= 11 is 0. The lowest BCUT2D eigenvalue weighted by Crippen LogP contribution is -2.17. The minimum atomic E-state index is -0.793. The maximum absolute atomic E-state index is 10.6. The molecule has 0 aromatic heterocycles. The number of nitrogens with one attached hydrogen (secondary N) is 1. The lowest BCUT2D eigenvalue weighted by Gasteiger charge is -2.18. The van der Waals surface area contributed by atoms with E-state index in [1.807, 2.05) is 31.2 Å². The molecule has 2 N–H and O–H groups in total. The molecule has 35 heavy (non-hydrogen) atoms. The van der Waals surface area contributed by atoms with Gasteiger partial charge >= 0.3 is 5.97 Å². The lowest BCUT2D eigenvalue weighted by molar-refractivity contribution is -0.136. The molecule has 5 heteroatoms. The first kappa shape index (κ1) is 26.2. The standard InChI is InChI=1S/C30H36N2O3/c1-21-6-5-7-28(16-21)29(18-26-9-8-22(2)23(3)17-26)20-35-32-24(4)27-12-10-25(11-13-27)19-31-15-14-30(33)34/h5-13,16-17,29,31H,14-15,18-20H2,1-4H3,(H,33,34)/b32-24+. The summed E-state index contributed by atoms with van der Waals surface area (Å²) < 4.78 is 0. The third-order valence-electron chi connectivity index (χ3n) is 6.26. The number of hydrogen-bond donors (Lipinski definition) is 2. The van der Waals surface area contributed by atoms with Gasteiger partial charge in [-0.1, -0.05) is 77.4 Å². The predicted octanol–water partition coefficient (Wildman–Crippen LogP) is 5.94. The molecule has 1 atom stereocenters. The van der Waals surface area contributed by atoms with Crippen molar-refractivity contribution >= 4 is 11.7 Å². The Balaban J connectivity index is 1.63. The van der Waals surface area contributed by atoms with Crippen LogP contribution < -0.4 is 5.32 Å². The van der Waals surface area contributed by atoms with Gasteiger partial charge in [0.2, 0.25) is 0 Å². The van der Waals surface area contributed by atoms with Crippen molar-refractivity contribution in [2.75, 3.05) is 13.2 Å². The fraction of sp³-hybridized carbons (Fsp3) is 0.333. The Morgan fingerprint density at radius 2 is 1.71 bits per heavy atom. The van der Waals surface area contributed by atoms with E-state index in [9.17, 15) is 4.79 Å². The van der Waals surface area contributed by atoms with E-state index in [0.717, 1.165) is 23.3 Å². The van der Waals surface area contributed by atoms with Crippen molar-refractivity contribution in [3.8, 4) is 0 Å². The number of hydrogen-bond acceptors (Lipinski definition) is 4. The van der Waals surface area contributed by atoms with Crippen LogP contribution in [-0.4, -0.2) is 29.9 Å². The second-order valence-corrected chi connectivity index (χ2v) is 9.22. The van der Waals surface area contributed by atoms with Gasteiger partial charge in [0.1, 0.15) is 6.61 Å². The van der Waals surface area contributed by atoms with Crippen molar-refractivity contribution in [3.05, 3.63) is 106 Å². The summed E-state index contributed by atoms with van der Waals surface area (Å²) in [6, 6.07) is 23.4. The summed E-state index contributed by atoms with van der Waals surface area (Å²) in [6.07, 6.45) is 1.01. The maximum Gasteiger partial charge on any atom is 0.304 e. The van der Waals surface area contributed by atoms with Gasteiger partial charge in [-0.15, -0.1) is 0 Å². The molecule has 0 saturated heterocycles. The number of nitrogens with zero attached hydrogens (tertiary/aromatic N) is 1. The van der Waals surface area contributed by atoms with Crippen molar-refractivity contribution in [3.63, 3.8) is 0 Å². The number of benzene rings is 3. The maximum atomic E-state index is 10.6. The molecule has 3 rings (SSSR count). The highest BCUT2D eigenvalue weighted by atomic mass is 16.6. The Bertz CT molecular complexity index is 1150. The molecular formula is C30H36N2O3. The largest absolute Gasteiger partial charge is 0.481 e. The molecule has 0 saturated carbocycles. The molecule has 5 nitrogen and oxygen atoms in total. The molecule has 0 aliphatic rings. The van der Waals surface area contributed by atoms with Crippen LogP contribution in [0.4, 0.5) is 0 Å². The highest BCUT2D eigenvalue weighted by Gasteiger charge is 2.15. The van der Waals surface area contributed by atoms with E-state index in [1.165, 1.54) is 27.8 Å². The van der Waals surface area contributed by atoms with Gasteiger partial charge in [0.15, 0.2) is 0 Å². The zero-order valence-electron chi connectivity index (χ0n) is 21.2. The molecule has 184 valence electrons. The van der Waals surface area contributed by atoms with E-state index >= 15 is 0 Å². The van der Waals surface area contributed by atoms with Gasteiger partial charge in [0.25, 0.3) is 0 Å². The third kappa shape index (κ3) is 8.37. The minimum absolute atomic E-state index is 0.119. The smallest absolute Gasteiger partial charge is 0.304 e.